The molecule has 0 radical (unpaired) electrons. The van der Waals surface area contributed by atoms with Gasteiger partial charge in [-0.25, -0.2) is 9.78 Å². The van der Waals surface area contributed by atoms with E-state index in [0.717, 1.165) is 5.56 Å². The Morgan fingerprint density at radius 2 is 2.11 bits per heavy atom. The van der Waals surface area contributed by atoms with Crippen molar-refractivity contribution in [2.75, 3.05) is 11.1 Å². The average molecular weight is 244 g/mol. The summed E-state index contributed by atoms with van der Waals surface area (Å²) in [7, 11) is 0. The average Bonchev–Trinajstić information content (AvgIpc) is 2.38. The van der Waals surface area contributed by atoms with Crippen molar-refractivity contribution in [1.82, 2.24) is 9.97 Å². The van der Waals surface area contributed by atoms with E-state index in [-0.39, 0.29) is 5.56 Å². The lowest BCUT2D eigenvalue weighted by atomic mass is 10.2. The van der Waals surface area contributed by atoms with Gasteiger partial charge in [0.15, 0.2) is 0 Å². The summed E-state index contributed by atoms with van der Waals surface area (Å²) in [5.74, 6) is -0.577. The van der Waals surface area contributed by atoms with Crippen LogP contribution in [0.3, 0.4) is 0 Å². The number of nitrogens with zero attached hydrogens (tertiary/aromatic N) is 2. The van der Waals surface area contributed by atoms with E-state index < -0.39 is 5.97 Å². The lowest BCUT2D eigenvalue weighted by Crippen LogP contribution is -2.07. The molecule has 2 rings (SSSR count). The highest BCUT2D eigenvalue weighted by Gasteiger charge is 2.07. The van der Waals surface area contributed by atoms with Crippen LogP contribution in [-0.2, 0) is 6.54 Å². The Labute approximate surface area is 104 Å². The van der Waals surface area contributed by atoms with Crippen LogP contribution in [0.25, 0.3) is 0 Å². The maximum atomic E-state index is 10.7. The number of carbonyl (C=O) groups is 1. The summed E-state index contributed by atoms with van der Waals surface area (Å²) in [6, 6.07) is 5.12. The second kappa shape index (κ2) is 5.13. The summed E-state index contributed by atoms with van der Waals surface area (Å²) in [6.45, 7) is 0.548. The van der Waals surface area contributed by atoms with Crippen LogP contribution in [0, 0.1) is 0 Å². The second-order valence-electron chi connectivity index (χ2n) is 3.68. The predicted octanol–water partition coefficient (Wildman–Crippen LogP) is 1.37. The summed E-state index contributed by atoms with van der Waals surface area (Å²) in [6.07, 6.45) is 4.66. The van der Waals surface area contributed by atoms with E-state index in [1.54, 1.807) is 12.4 Å². The monoisotopic (exact) mass is 244 g/mol. The molecule has 0 aromatic carbocycles. The van der Waals surface area contributed by atoms with E-state index >= 15 is 0 Å². The molecular weight excluding hydrogens is 232 g/mol. The van der Waals surface area contributed by atoms with Crippen LogP contribution in [0.1, 0.15) is 15.9 Å². The van der Waals surface area contributed by atoms with Gasteiger partial charge in [0.25, 0.3) is 0 Å². The summed E-state index contributed by atoms with van der Waals surface area (Å²) in [4.78, 5) is 18.6. The Morgan fingerprint density at radius 1 is 1.39 bits per heavy atom. The summed E-state index contributed by atoms with van der Waals surface area (Å²) >= 11 is 0. The Balaban J connectivity index is 2.08. The molecular formula is C12H12N4O2. The molecule has 2 heterocycles. The van der Waals surface area contributed by atoms with Crippen molar-refractivity contribution in [2.24, 2.45) is 0 Å². The maximum Gasteiger partial charge on any atom is 0.337 e. The molecule has 0 unspecified atom stereocenters. The molecule has 0 saturated heterocycles. The Hall–Kier alpha value is -2.63. The van der Waals surface area contributed by atoms with Crippen molar-refractivity contribution < 1.29 is 9.90 Å². The van der Waals surface area contributed by atoms with Crippen LogP contribution >= 0.6 is 0 Å². The molecule has 6 heteroatoms. The zero-order valence-electron chi connectivity index (χ0n) is 9.50. The molecule has 6 nitrogen and oxygen atoms in total. The first-order valence-corrected chi connectivity index (χ1v) is 5.28. The van der Waals surface area contributed by atoms with E-state index in [0.29, 0.717) is 18.1 Å². The number of carboxylic acids is 1. The third-order valence-corrected chi connectivity index (χ3v) is 2.37. The lowest BCUT2D eigenvalue weighted by molar-refractivity contribution is 0.0696. The fourth-order valence-electron chi connectivity index (χ4n) is 1.43. The minimum absolute atomic E-state index is 0.0713. The third-order valence-electron chi connectivity index (χ3n) is 2.37. The van der Waals surface area contributed by atoms with Crippen molar-refractivity contribution in [1.29, 1.82) is 0 Å². The smallest absolute Gasteiger partial charge is 0.337 e. The molecule has 0 spiro atoms. The maximum absolute atomic E-state index is 10.7. The van der Waals surface area contributed by atoms with Crippen LogP contribution in [-0.4, -0.2) is 21.0 Å². The molecule has 2 aromatic heterocycles. The molecule has 4 N–H and O–H groups in total. The number of nitrogens with one attached hydrogen (secondary N) is 1. The first-order chi connectivity index (χ1) is 8.66. The quantitative estimate of drug-likeness (QED) is 0.750. The normalized spacial score (nSPS) is 10.0. The number of aromatic carboxylic acids is 1. The minimum atomic E-state index is -1.05. The number of anilines is 2. The largest absolute Gasteiger partial charge is 0.478 e. The number of nitrogens with two attached hydrogens (primary N) is 1. The predicted molar refractivity (Wildman–Crippen MR) is 67.2 cm³/mol. The van der Waals surface area contributed by atoms with Crippen LogP contribution in [0.4, 0.5) is 11.5 Å². The first kappa shape index (κ1) is 11.8. The van der Waals surface area contributed by atoms with Gasteiger partial charge in [0.1, 0.15) is 5.82 Å². The van der Waals surface area contributed by atoms with Crippen molar-refractivity contribution in [3.8, 4) is 0 Å². The number of aromatic nitrogens is 2. The van der Waals surface area contributed by atoms with Gasteiger partial charge in [-0.3, -0.25) is 4.98 Å². The Bertz CT molecular complexity index is 557. The van der Waals surface area contributed by atoms with Crippen molar-refractivity contribution in [2.45, 2.75) is 6.54 Å². The highest BCUT2D eigenvalue weighted by atomic mass is 16.4. The van der Waals surface area contributed by atoms with Gasteiger partial charge in [0.2, 0.25) is 0 Å². The molecule has 0 aliphatic carbocycles. The van der Waals surface area contributed by atoms with Crippen LogP contribution in [0.2, 0.25) is 0 Å². The molecule has 18 heavy (non-hydrogen) atoms. The Kier molecular flexibility index (Phi) is 3.38. The van der Waals surface area contributed by atoms with Crippen molar-refractivity contribution in [3.05, 3.63) is 47.9 Å². The molecule has 0 bridgehead atoms. The zero-order chi connectivity index (χ0) is 13.0. The standard InChI is InChI=1S/C12H12N4O2/c13-10-5-9(12(17)18)7-16-11(10)15-6-8-1-3-14-4-2-8/h1-5,7H,6,13H2,(H,15,16)(H,17,18). The van der Waals surface area contributed by atoms with Gasteiger partial charge < -0.3 is 16.2 Å². The summed E-state index contributed by atoms with van der Waals surface area (Å²) < 4.78 is 0. The van der Waals surface area contributed by atoms with Crippen LogP contribution < -0.4 is 11.1 Å². The van der Waals surface area contributed by atoms with E-state index in [2.05, 4.69) is 15.3 Å². The summed E-state index contributed by atoms with van der Waals surface area (Å²) in [5.41, 5.74) is 7.14. The van der Waals surface area contributed by atoms with Crippen LogP contribution in [0.5, 0.6) is 0 Å². The molecule has 0 saturated carbocycles. The first-order valence-electron chi connectivity index (χ1n) is 5.28. The molecule has 0 aliphatic rings. The molecule has 92 valence electrons. The van der Waals surface area contributed by atoms with Gasteiger partial charge >= 0.3 is 5.97 Å². The molecule has 0 aliphatic heterocycles. The molecule has 0 atom stereocenters. The zero-order valence-corrected chi connectivity index (χ0v) is 9.50. The van der Waals surface area contributed by atoms with Gasteiger partial charge in [0, 0.05) is 25.1 Å². The summed E-state index contributed by atoms with van der Waals surface area (Å²) in [5, 5.41) is 11.8. The third kappa shape index (κ3) is 2.73. The van der Waals surface area contributed by atoms with E-state index in [1.807, 2.05) is 12.1 Å². The fraction of sp³-hybridized carbons (Fsp3) is 0.0833. The molecule has 2 aromatic rings. The molecule has 0 amide bonds. The van der Waals surface area contributed by atoms with Gasteiger partial charge in [-0.05, 0) is 23.8 Å². The van der Waals surface area contributed by atoms with Crippen molar-refractivity contribution in [3.63, 3.8) is 0 Å². The van der Waals surface area contributed by atoms with Crippen molar-refractivity contribution >= 4 is 17.5 Å². The highest BCUT2D eigenvalue weighted by Crippen LogP contribution is 2.17. The highest BCUT2D eigenvalue weighted by molar-refractivity contribution is 5.89. The van der Waals surface area contributed by atoms with Gasteiger partial charge in [-0.1, -0.05) is 0 Å². The second-order valence-corrected chi connectivity index (χ2v) is 3.68. The lowest BCUT2D eigenvalue weighted by Gasteiger charge is -2.08. The Morgan fingerprint density at radius 3 is 2.72 bits per heavy atom. The number of carboxylic acid groups (broad SMARTS) is 1. The van der Waals surface area contributed by atoms with E-state index in [4.69, 9.17) is 10.8 Å². The van der Waals surface area contributed by atoms with Gasteiger partial charge in [-0.15, -0.1) is 0 Å². The number of hydrogen-bond donors (Lipinski definition) is 3. The van der Waals surface area contributed by atoms with Gasteiger partial charge in [-0.2, -0.15) is 0 Å². The van der Waals surface area contributed by atoms with E-state index in [1.165, 1.54) is 12.3 Å². The van der Waals surface area contributed by atoms with Gasteiger partial charge in [0.05, 0.1) is 11.3 Å². The SMILES string of the molecule is Nc1cc(C(=O)O)cnc1NCc1ccncc1. The topological polar surface area (TPSA) is 101 Å². The number of nitrogen functional groups attached to an aromatic ring is 1. The van der Waals surface area contributed by atoms with Crippen LogP contribution in [0.15, 0.2) is 36.8 Å². The number of pyridine rings is 2. The number of hydrogen-bond acceptors (Lipinski definition) is 5. The molecule has 0 fully saturated rings. The van der Waals surface area contributed by atoms with E-state index in [9.17, 15) is 4.79 Å². The fourth-order valence-corrected chi connectivity index (χ4v) is 1.43. The minimum Gasteiger partial charge on any atom is -0.478 e. The number of rotatable bonds is 4.